The summed E-state index contributed by atoms with van der Waals surface area (Å²) >= 11 is 0. The summed E-state index contributed by atoms with van der Waals surface area (Å²) < 4.78 is 0. The van der Waals surface area contributed by atoms with Crippen molar-refractivity contribution < 1.29 is 4.79 Å². The maximum absolute atomic E-state index is 11.3. The molecule has 0 bridgehead atoms. The molecule has 0 fully saturated rings. The summed E-state index contributed by atoms with van der Waals surface area (Å²) in [7, 11) is 0. The quantitative estimate of drug-likeness (QED) is 0.699. The fourth-order valence-corrected chi connectivity index (χ4v) is 1.21. The van der Waals surface area contributed by atoms with Crippen molar-refractivity contribution in [3.8, 4) is 0 Å². The third-order valence-corrected chi connectivity index (χ3v) is 2.08. The molecule has 3 heteroatoms. The number of carbonyl (C=O) groups is 1. The molecule has 82 valence electrons. The summed E-state index contributed by atoms with van der Waals surface area (Å²) in [6.07, 6.45) is 2.14. The van der Waals surface area contributed by atoms with Gasteiger partial charge in [-0.15, -0.1) is 0 Å². The van der Waals surface area contributed by atoms with Gasteiger partial charge in [0.25, 0.3) is 0 Å². The molecule has 0 spiro atoms. The van der Waals surface area contributed by atoms with Crippen molar-refractivity contribution in [3.63, 3.8) is 0 Å². The van der Waals surface area contributed by atoms with Gasteiger partial charge in [0, 0.05) is 12.2 Å². The molecule has 0 radical (unpaired) electrons. The van der Waals surface area contributed by atoms with Crippen molar-refractivity contribution in [2.24, 2.45) is 0 Å². The molecule has 0 atom stereocenters. The fraction of sp³-hybridized carbons (Fsp3) is 0.417. The lowest BCUT2D eigenvalue weighted by Crippen LogP contribution is -2.30. The van der Waals surface area contributed by atoms with Gasteiger partial charge in [0.05, 0.1) is 6.54 Å². The molecule has 3 nitrogen and oxygen atoms in total. The van der Waals surface area contributed by atoms with Crippen LogP contribution in [0.4, 0.5) is 5.69 Å². The monoisotopic (exact) mass is 206 g/mol. The van der Waals surface area contributed by atoms with E-state index in [1.807, 2.05) is 30.3 Å². The molecule has 0 aliphatic heterocycles. The van der Waals surface area contributed by atoms with Crippen LogP contribution in [0.3, 0.4) is 0 Å². The first-order chi connectivity index (χ1) is 7.33. The lowest BCUT2D eigenvalue weighted by atomic mass is 10.3. The van der Waals surface area contributed by atoms with Crippen LogP contribution in [-0.2, 0) is 4.79 Å². The lowest BCUT2D eigenvalue weighted by molar-refractivity contribution is -0.119. The average Bonchev–Trinajstić information content (AvgIpc) is 2.28. The number of para-hydroxylation sites is 1. The molecule has 15 heavy (non-hydrogen) atoms. The van der Waals surface area contributed by atoms with Gasteiger partial charge in [0.15, 0.2) is 0 Å². The van der Waals surface area contributed by atoms with Gasteiger partial charge in [-0.1, -0.05) is 31.5 Å². The van der Waals surface area contributed by atoms with Crippen molar-refractivity contribution in [2.75, 3.05) is 18.4 Å². The van der Waals surface area contributed by atoms with Gasteiger partial charge in [-0.3, -0.25) is 4.79 Å². The molecule has 0 saturated heterocycles. The normalized spacial score (nSPS) is 9.67. The number of hydrogen-bond acceptors (Lipinski definition) is 2. The van der Waals surface area contributed by atoms with Crippen LogP contribution in [0.1, 0.15) is 19.8 Å². The second-order valence-corrected chi connectivity index (χ2v) is 3.42. The van der Waals surface area contributed by atoms with Crippen molar-refractivity contribution in [2.45, 2.75) is 19.8 Å². The highest BCUT2D eigenvalue weighted by molar-refractivity contribution is 5.80. The average molecular weight is 206 g/mol. The Hall–Kier alpha value is -1.51. The number of unbranched alkanes of at least 4 members (excludes halogenated alkanes) is 1. The Bertz CT molecular complexity index is 285. The van der Waals surface area contributed by atoms with E-state index in [4.69, 9.17) is 0 Å². The standard InChI is InChI=1S/C12H18N2O/c1-2-3-9-13-12(15)10-14-11-7-5-4-6-8-11/h4-8,14H,2-3,9-10H2,1H3,(H,13,15). The van der Waals surface area contributed by atoms with Gasteiger partial charge in [-0.25, -0.2) is 0 Å². The van der Waals surface area contributed by atoms with Crippen molar-refractivity contribution in [3.05, 3.63) is 30.3 Å². The number of benzene rings is 1. The molecule has 0 aromatic heterocycles. The number of hydrogen-bond donors (Lipinski definition) is 2. The smallest absolute Gasteiger partial charge is 0.239 e. The number of amides is 1. The summed E-state index contributed by atoms with van der Waals surface area (Å²) in [4.78, 5) is 11.3. The SMILES string of the molecule is CCCCNC(=O)CNc1ccccc1. The Kier molecular flexibility index (Phi) is 5.30. The van der Waals surface area contributed by atoms with E-state index in [0.717, 1.165) is 25.1 Å². The molecular formula is C12H18N2O. The van der Waals surface area contributed by atoms with Gasteiger partial charge in [-0.2, -0.15) is 0 Å². The van der Waals surface area contributed by atoms with E-state index in [1.165, 1.54) is 0 Å². The first-order valence-electron chi connectivity index (χ1n) is 5.38. The highest BCUT2D eigenvalue weighted by atomic mass is 16.1. The van der Waals surface area contributed by atoms with Crippen LogP contribution in [0.15, 0.2) is 30.3 Å². The van der Waals surface area contributed by atoms with E-state index in [9.17, 15) is 4.79 Å². The van der Waals surface area contributed by atoms with Gasteiger partial charge in [0.1, 0.15) is 0 Å². The molecule has 1 aromatic rings. The summed E-state index contributed by atoms with van der Waals surface area (Å²) in [5.41, 5.74) is 0.975. The van der Waals surface area contributed by atoms with Crippen LogP contribution in [-0.4, -0.2) is 19.0 Å². The van der Waals surface area contributed by atoms with E-state index in [1.54, 1.807) is 0 Å². The van der Waals surface area contributed by atoms with Crippen LogP contribution in [0.5, 0.6) is 0 Å². The van der Waals surface area contributed by atoms with Crippen LogP contribution >= 0.6 is 0 Å². The van der Waals surface area contributed by atoms with Gasteiger partial charge in [-0.05, 0) is 18.6 Å². The van der Waals surface area contributed by atoms with E-state index in [-0.39, 0.29) is 5.91 Å². The van der Waals surface area contributed by atoms with E-state index in [2.05, 4.69) is 17.6 Å². The van der Waals surface area contributed by atoms with E-state index in [0.29, 0.717) is 6.54 Å². The van der Waals surface area contributed by atoms with Crippen LogP contribution in [0, 0.1) is 0 Å². The van der Waals surface area contributed by atoms with Crippen LogP contribution in [0.2, 0.25) is 0 Å². The minimum Gasteiger partial charge on any atom is -0.376 e. The first-order valence-corrected chi connectivity index (χ1v) is 5.38. The highest BCUT2D eigenvalue weighted by Crippen LogP contribution is 2.03. The summed E-state index contributed by atoms with van der Waals surface area (Å²) in [6.45, 7) is 3.22. The van der Waals surface area contributed by atoms with Crippen molar-refractivity contribution in [1.82, 2.24) is 5.32 Å². The zero-order chi connectivity index (χ0) is 10.9. The zero-order valence-electron chi connectivity index (χ0n) is 9.12. The molecular weight excluding hydrogens is 188 g/mol. The number of anilines is 1. The summed E-state index contributed by atoms with van der Waals surface area (Å²) in [5, 5.41) is 5.91. The van der Waals surface area contributed by atoms with E-state index >= 15 is 0 Å². The Labute approximate surface area is 90.9 Å². The van der Waals surface area contributed by atoms with E-state index < -0.39 is 0 Å². The van der Waals surface area contributed by atoms with Gasteiger partial charge < -0.3 is 10.6 Å². The molecule has 0 unspecified atom stereocenters. The molecule has 1 amide bonds. The number of rotatable bonds is 6. The Morgan fingerprint density at radius 1 is 1.27 bits per heavy atom. The Morgan fingerprint density at radius 3 is 2.67 bits per heavy atom. The lowest BCUT2D eigenvalue weighted by Gasteiger charge is -2.06. The minimum atomic E-state index is 0.0484. The molecule has 1 rings (SSSR count). The minimum absolute atomic E-state index is 0.0484. The maximum atomic E-state index is 11.3. The number of nitrogens with one attached hydrogen (secondary N) is 2. The maximum Gasteiger partial charge on any atom is 0.239 e. The van der Waals surface area contributed by atoms with Gasteiger partial charge in [0.2, 0.25) is 5.91 Å². The predicted octanol–water partition coefficient (Wildman–Crippen LogP) is 2.01. The molecule has 2 N–H and O–H groups in total. The third-order valence-electron chi connectivity index (χ3n) is 2.08. The summed E-state index contributed by atoms with van der Waals surface area (Å²) in [5.74, 6) is 0.0484. The topological polar surface area (TPSA) is 41.1 Å². The summed E-state index contributed by atoms with van der Waals surface area (Å²) in [6, 6.07) is 9.72. The zero-order valence-corrected chi connectivity index (χ0v) is 9.12. The second-order valence-electron chi connectivity index (χ2n) is 3.42. The van der Waals surface area contributed by atoms with Crippen molar-refractivity contribution in [1.29, 1.82) is 0 Å². The molecule has 0 aliphatic rings. The third kappa shape index (κ3) is 5.05. The van der Waals surface area contributed by atoms with Gasteiger partial charge >= 0.3 is 0 Å². The molecule has 0 saturated carbocycles. The Morgan fingerprint density at radius 2 is 2.00 bits per heavy atom. The first kappa shape index (κ1) is 11.6. The molecule has 0 aliphatic carbocycles. The second kappa shape index (κ2) is 6.87. The fourth-order valence-electron chi connectivity index (χ4n) is 1.21. The number of carbonyl (C=O) groups excluding carboxylic acids is 1. The Balaban J connectivity index is 2.17. The van der Waals surface area contributed by atoms with Crippen molar-refractivity contribution >= 4 is 11.6 Å². The predicted molar refractivity (Wildman–Crippen MR) is 62.8 cm³/mol. The van der Waals surface area contributed by atoms with Crippen LogP contribution < -0.4 is 10.6 Å². The molecule has 1 aromatic carbocycles. The largest absolute Gasteiger partial charge is 0.376 e. The highest BCUT2D eigenvalue weighted by Gasteiger charge is 1.98. The molecule has 0 heterocycles. The van der Waals surface area contributed by atoms with Crippen LogP contribution in [0.25, 0.3) is 0 Å².